The molecule has 3 aliphatic heterocycles. The van der Waals surface area contributed by atoms with Gasteiger partial charge in [-0.3, -0.25) is 9.59 Å². The highest BCUT2D eigenvalue weighted by Crippen LogP contribution is 2.63. The molecule has 3 heterocycles. The summed E-state index contributed by atoms with van der Waals surface area (Å²) in [6.45, 7) is 2.53. The predicted octanol–water partition coefficient (Wildman–Crippen LogP) is 2.13. The highest BCUT2D eigenvalue weighted by molar-refractivity contribution is 8.02. The number of carboxylic acid groups (broad SMARTS) is 1. The molecule has 1 spiro atoms. The number of carbonyl (C=O) groups excluding carboxylic acids is 1. The number of nitrogens with zero attached hydrogens (tertiary/aromatic N) is 1. The van der Waals surface area contributed by atoms with E-state index in [4.69, 9.17) is 4.74 Å². The fourth-order valence-corrected chi connectivity index (χ4v) is 5.22. The van der Waals surface area contributed by atoms with Crippen LogP contribution in [0.5, 0.6) is 0 Å². The molecule has 2 fully saturated rings. The Labute approximate surface area is 144 Å². The molecule has 1 amide bonds. The van der Waals surface area contributed by atoms with Crippen LogP contribution in [0, 0.1) is 11.3 Å². The zero-order valence-corrected chi connectivity index (χ0v) is 14.4. The summed E-state index contributed by atoms with van der Waals surface area (Å²) in [7, 11) is 0. The number of benzene rings is 1. The maximum atomic E-state index is 13.1. The van der Waals surface area contributed by atoms with Crippen molar-refractivity contribution >= 4 is 23.6 Å². The van der Waals surface area contributed by atoms with E-state index in [0.717, 1.165) is 10.5 Å². The number of thioether (sulfide) groups is 1. The molecule has 0 radical (unpaired) electrons. The molecule has 6 heteroatoms. The van der Waals surface area contributed by atoms with Gasteiger partial charge in [0.15, 0.2) is 0 Å². The third-order valence-electron chi connectivity index (χ3n) is 5.60. The van der Waals surface area contributed by atoms with E-state index in [2.05, 4.69) is 0 Å². The molecule has 0 aliphatic carbocycles. The normalized spacial score (nSPS) is 36.8. The van der Waals surface area contributed by atoms with E-state index in [1.807, 2.05) is 42.7 Å². The molecule has 1 aromatic carbocycles. The van der Waals surface area contributed by atoms with Gasteiger partial charge >= 0.3 is 5.97 Å². The minimum absolute atomic E-state index is 0.120. The second-order valence-electron chi connectivity index (χ2n) is 6.86. The van der Waals surface area contributed by atoms with Gasteiger partial charge in [-0.2, -0.15) is 0 Å². The van der Waals surface area contributed by atoms with Crippen LogP contribution in [0.25, 0.3) is 0 Å². The summed E-state index contributed by atoms with van der Waals surface area (Å²) in [4.78, 5) is 27.8. The number of fused-ring (bicyclic) bond motifs is 1. The van der Waals surface area contributed by atoms with Crippen LogP contribution in [0.15, 0.2) is 41.3 Å². The SMILES string of the molecule is CSC1=C[C@H]2O[C@@]13CN(Cc1ccccc1)C(=O)[C@@H]3[C@]2(C)C(=O)O. The Morgan fingerprint density at radius 3 is 2.75 bits per heavy atom. The third-order valence-corrected chi connectivity index (χ3v) is 6.52. The van der Waals surface area contributed by atoms with Crippen molar-refractivity contribution in [2.75, 3.05) is 12.8 Å². The van der Waals surface area contributed by atoms with Gasteiger partial charge < -0.3 is 14.7 Å². The minimum Gasteiger partial charge on any atom is -0.481 e. The Bertz CT molecular complexity index is 749. The number of amides is 1. The number of hydrogen-bond donors (Lipinski definition) is 1. The first kappa shape index (κ1) is 15.7. The van der Waals surface area contributed by atoms with Gasteiger partial charge in [0.2, 0.25) is 5.91 Å². The fraction of sp³-hybridized carbons (Fsp3) is 0.444. The lowest BCUT2D eigenvalue weighted by atomic mass is 9.66. The Hall–Kier alpha value is -1.79. The zero-order valence-electron chi connectivity index (χ0n) is 13.6. The number of rotatable bonds is 4. The molecule has 1 N–H and O–H groups in total. The number of carboxylic acids is 1. The molecule has 126 valence electrons. The topological polar surface area (TPSA) is 66.8 Å². The van der Waals surface area contributed by atoms with Gasteiger partial charge in [-0.25, -0.2) is 0 Å². The van der Waals surface area contributed by atoms with E-state index in [9.17, 15) is 14.7 Å². The first-order valence-electron chi connectivity index (χ1n) is 7.93. The third kappa shape index (κ3) is 1.81. The molecule has 5 nitrogen and oxygen atoms in total. The maximum absolute atomic E-state index is 13.1. The molecule has 4 rings (SSSR count). The largest absolute Gasteiger partial charge is 0.481 e. The minimum atomic E-state index is -1.21. The van der Waals surface area contributed by atoms with E-state index >= 15 is 0 Å². The van der Waals surface area contributed by atoms with Crippen LogP contribution >= 0.6 is 11.8 Å². The lowest BCUT2D eigenvalue weighted by molar-refractivity contribution is -0.156. The van der Waals surface area contributed by atoms with Crippen molar-refractivity contribution in [1.82, 2.24) is 4.90 Å². The molecule has 24 heavy (non-hydrogen) atoms. The number of carbonyl (C=O) groups is 2. The lowest BCUT2D eigenvalue weighted by Crippen LogP contribution is -2.49. The number of ether oxygens (including phenoxy) is 1. The van der Waals surface area contributed by atoms with Gasteiger partial charge in [-0.15, -0.1) is 11.8 Å². The van der Waals surface area contributed by atoms with E-state index in [-0.39, 0.29) is 5.91 Å². The van der Waals surface area contributed by atoms with Crippen LogP contribution < -0.4 is 0 Å². The van der Waals surface area contributed by atoms with Gasteiger partial charge in [-0.1, -0.05) is 30.3 Å². The van der Waals surface area contributed by atoms with Gasteiger partial charge in [0.1, 0.15) is 11.0 Å². The maximum Gasteiger partial charge on any atom is 0.313 e. The molecule has 0 saturated carbocycles. The zero-order chi connectivity index (χ0) is 17.1. The molecule has 4 atom stereocenters. The Morgan fingerprint density at radius 2 is 2.12 bits per heavy atom. The van der Waals surface area contributed by atoms with Crippen LogP contribution in [0.3, 0.4) is 0 Å². The number of likely N-dealkylation sites (tertiary alicyclic amines) is 1. The molecule has 3 aliphatic rings. The summed E-state index contributed by atoms with van der Waals surface area (Å²) in [5.74, 6) is -1.75. The van der Waals surface area contributed by atoms with Gasteiger partial charge in [0.05, 0.1) is 18.6 Å². The monoisotopic (exact) mass is 345 g/mol. The Kier molecular flexibility index (Phi) is 3.34. The molecule has 2 bridgehead atoms. The average molecular weight is 345 g/mol. The van der Waals surface area contributed by atoms with Crippen molar-refractivity contribution in [1.29, 1.82) is 0 Å². The van der Waals surface area contributed by atoms with Crippen LogP contribution in [-0.4, -0.2) is 46.4 Å². The lowest BCUT2D eigenvalue weighted by Gasteiger charge is -2.33. The van der Waals surface area contributed by atoms with Gasteiger partial charge in [0, 0.05) is 11.4 Å². The van der Waals surface area contributed by atoms with E-state index in [1.165, 1.54) is 0 Å². The highest BCUT2D eigenvalue weighted by Gasteiger charge is 2.75. The van der Waals surface area contributed by atoms with Crippen molar-refractivity contribution < 1.29 is 19.4 Å². The number of hydrogen-bond acceptors (Lipinski definition) is 4. The van der Waals surface area contributed by atoms with Crippen molar-refractivity contribution in [3.63, 3.8) is 0 Å². The smallest absolute Gasteiger partial charge is 0.313 e. The second kappa shape index (κ2) is 5.10. The van der Waals surface area contributed by atoms with Crippen molar-refractivity contribution in [3.8, 4) is 0 Å². The van der Waals surface area contributed by atoms with Gasteiger partial charge in [0.25, 0.3) is 0 Å². The van der Waals surface area contributed by atoms with Crippen LogP contribution in [0.4, 0.5) is 0 Å². The van der Waals surface area contributed by atoms with Crippen LogP contribution in [-0.2, 0) is 20.9 Å². The summed E-state index contributed by atoms with van der Waals surface area (Å²) >= 11 is 1.55. The summed E-state index contributed by atoms with van der Waals surface area (Å²) in [5.41, 5.74) is -0.978. The quantitative estimate of drug-likeness (QED) is 0.905. The van der Waals surface area contributed by atoms with Crippen molar-refractivity contribution in [3.05, 3.63) is 46.9 Å². The second-order valence-corrected chi connectivity index (χ2v) is 7.71. The fourth-order valence-electron chi connectivity index (χ4n) is 4.38. The standard InChI is InChI=1S/C18H19NO4S/c1-17(16(21)22)12-8-13(24-2)18(23-12)10-19(15(20)14(17)18)9-11-6-4-3-5-7-11/h3-8,12,14H,9-10H2,1-2H3,(H,21,22)/t12-,14-,17-,18+/m1/s1. The summed E-state index contributed by atoms with van der Waals surface area (Å²) in [5, 5.41) is 9.80. The van der Waals surface area contributed by atoms with E-state index in [0.29, 0.717) is 13.1 Å². The van der Waals surface area contributed by atoms with Crippen molar-refractivity contribution in [2.45, 2.75) is 25.2 Å². The predicted molar refractivity (Wildman–Crippen MR) is 90.3 cm³/mol. The summed E-state index contributed by atoms with van der Waals surface area (Å²) in [6, 6.07) is 9.75. The highest BCUT2D eigenvalue weighted by atomic mass is 32.2. The first-order valence-corrected chi connectivity index (χ1v) is 9.16. The van der Waals surface area contributed by atoms with E-state index in [1.54, 1.807) is 23.6 Å². The van der Waals surface area contributed by atoms with Gasteiger partial charge in [-0.05, 0) is 24.8 Å². The average Bonchev–Trinajstić information content (AvgIpc) is 3.15. The molecular weight excluding hydrogens is 326 g/mol. The molecule has 0 unspecified atom stereocenters. The first-order chi connectivity index (χ1) is 11.4. The number of aliphatic carboxylic acids is 1. The van der Waals surface area contributed by atoms with Crippen molar-refractivity contribution in [2.24, 2.45) is 11.3 Å². The summed E-state index contributed by atoms with van der Waals surface area (Å²) < 4.78 is 6.15. The van der Waals surface area contributed by atoms with Crippen LogP contribution in [0.2, 0.25) is 0 Å². The molecular formula is C18H19NO4S. The van der Waals surface area contributed by atoms with E-state index < -0.39 is 29.0 Å². The van der Waals surface area contributed by atoms with Crippen LogP contribution in [0.1, 0.15) is 12.5 Å². The Balaban J connectivity index is 1.73. The Morgan fingerprint density at radius 1 is 1.42 bits per heavy atom. The summed E-state index contributed by atoms with van der Waals surface area (Å²) in [6.07, 6.45) is 3.31. The molecule has 1 aromatic rings. The molecule has 2 saturated heterocycles. The molecule has 0 aromatic heterocycles.